The van der Waals surface area contributed by atoms with Gasteiger partial charge in [-0.05, 0) is 49.7 Å². The number of rotatable bonds is 6. The standard InChI is InChI=1S/C23H21ClFN5O3/c1-3-33-22(32)20-14(2)29(12-19(31)28-18-6-4-5-16(24)11-18)23-26-13-27-30(23)21(20)15-7-9-17(25)10-8-15/h4-11,13,21H,3,12H2,1-2H3,(H,28,31)/t21-/m1/s1. The van der Waals surface area contributed by atoms with Crippen LogP contribution < -0.4 is 10.2 Å². The van der Waals surface area contributed by atoms with E-state index >= 15 is 0 Å². The summed E-state index contributed by atoms with van der Waals surface area (Å²) in [7, 11) is 0. The second kappa shape index (κ2) is 9.41. The number of halogens is 2. The third-order valence-electron chi connectivity index (χ3n) is 5.20. The Morgan fingerprint density at radius 1 is 1.21 bits per heavy atom. The lowest BCUT2D eigenvalue weighted by molar-refractivity contribution is -0.139. The molecule has 1 aliphatic rings. The molecule has 10 heteroatoms. The van der Waals surface area contributed by atoms with Crippen LogP contribution in [-0.2, 0) is 14.3 Å². The van der Waals surface area contributed by atoms with Gasteiger partial charge in [-0.15, -0.1) is 0 Å². The minimum absolute atomic E-state index is 0.129. The van der Waals surface area contributed by atoms with Crippen molar-refractivity contribution >= 4 is 35.1 Å². The molecule has 0 saturated heterocycles. The SMILES string of the molecule is CCOC(=O)C1=C(C)N(CC(=O)Nc2cccc(Cl)c2)c2ncnn2[C@@H]1c1ccc(F)cc1. The maximum atomic E-state index is 13.6. The second-order valence-electron chi connectivity index (χ2n) is 7.32. The van der Waals surface area contributed by atoms with Crippen molar-refractivity contribution in [1.29, 1.82) is 0 Å². The molecule has 0 saturated carbocycles. The van der Waals surface area contributed by atoms with Crippen LogP contribution in [-0.4, -0.2) is 39.8 Å². The summed E-state index contributed by atoms with van der Waals surface area (Å²) in [4.78, 5) is 31.7. The number of nitrogens with one attached hydrogen (secondary N) is 1. The molecule has 1 N–H and O–H groups in total. The Balaban J connectivity index is 1.73. The van der Waals surface area contributed by atoms with Gasteiger partial charge in [0.05, 0.1) is 12.2 Å². The Hall–Kier alpha value is -3.72. The quantitative estimate of drug-likeness (QED) is 0.550. The number of hydrogen-bond acceptors (Lipinski definition) is 6. The summed E-state index contributed by atoms with van der Waals surface area (Å²) in [6, 6.07) is 11.9. The highest BCUT2D eigenvalue weighted by Gasteiger charge is 2.38. The number of amides is 1. The lowest BCUT2D eigenvalue weighted by atomic mass is 9.95. The van der Waals surface area contributed by atoms with Gasteiger partial charge in [-0.25, -0.2) is 13.9 Å². The van der Waals surface area contributed by atoms with Crippen LogP contribution in [0.4, 0.5) is 16.0 Å². The zero-order chi connectivity index (χ0) is 23.5. The Morgan fingerprint density at radius 3 is 2.67 bits per heavy atom. The van der Waals surface area contributed by atoms with Crippen LogP contribution >= 0.6 is 11.6 Å². The van der Waals surface area contributed by atoms with Crippen molar-refractivity contribution in [1.82, 2.24) is 14.8 Å². The lowest BCUT2D eigenvalue weighted by Gasteiger charge is -2.35. The first kappa shape index (κ1) is 22.5. The van der Waals surface area contributed by atoms with Crippen molar-refractivity contribution < 1.29 is 18.7 Å². The molecular formula is C23H21ClFN5O3. The third-order valence-corrected chi connectivity index (χ3v) is 5.43. The van der Waals surface area contributed by atoms with Crippen LogP contribution in [0.5, 0.6) is 0 Å². The summed E-state index contributed by atoms with van der Waals surface area (Å²) in [5.74, 6) is -0.914. The summed E-state index contributed by atoms with van der Waals surface area (Å²) in [6.07, 6.45) is 1.34. The van der Waals surface area contributed by atoms with Gasteiger partial charge in [0.2, 0.25) is 11.9 Å². The third kappa shape index (κ3) is 4.58. The summed E-state index contributed by atoms with van der Waals surface area (Å²) < 4.78 is 20.4. The molecule has 0 aliphatic carbocycles. The maximum absolute atomic E-state index is 13.6. The summed E-state index contributed by atoms with van der Waals surface area (Å²) in [5, 5.41) is 7.58. The lowest BCUT2D eigenvalue weighted by Crippen LogP contribution is -2.40. The van der Waals surface area contributed by atoms with E-state index in [0.717, 1.165) is 0 Å². The van der Waals surface area contributed by atoms with Crippen LogP contribution in [0.1, 0.15) is 25.5 Å². The fourth-order valence-corrected chi connectivity index (χ4v) is 3.95. The number of aromatic nitrogens is 3. The topological polar surface area (TPSA) is 89.3 Å². The molecule has 4 rings (SSSR count). The number of anilines is 2. The van der Waals surface area contributed by atoms with Gasteiger partial charge in [-0.3, -0.25) is 4.79 Å². The number of fused-ring (bicyclic) bond motifs is 1. The molecule has 0 fully saturated rings. The normalized spacial score (nSPS) is 15.3. The molecule has 3 aromatic rings. The van der Waals surface area contributed by atoms with Crippen molar-refractivity contribution in [3.63, 3.8) is 0 Å². The molecule has 1 atom stereocenters. The zero-order valence-corrected chi connectivity index (χ0v) is 18.7. The molecule has 33 heavy (non-hydrogen) atoms. The predicted molar refractivity (Wildman–Crippen MR) is 121 cm³/mol. The molecule has 0 radical (unpaired) electrons. The van der Waals surface area contributed by atoms with Crippen LogP contribution in [0.2, 0.25) is 5.02 Å². The zero-order valence-electron chi connectivity index (χ0n) is 18.0. The molecular weight excluding hydrogens is 449 g/mol. The van der Waals surface area contributed by atoms with Gasteiger partial charge in [0.15, 0.2) is 0 Å². The Morgan fingerprint density at radius 2 is 1.97 bits per heavy atom. The van der Waals surface area contributed by atoms with Gasteiger partial charge in [0, 0.05) is 16.4 Å². The first-order chi connectivity index (χ1) is 15.9. The second-order valence-corrected chi connectivity index (χ2v) is 7.76. The molecule has 0 spiro atoms. The highest BCUT2D eigenvalue weighted by Crippen LogP contribution is 2.38. The van der Waals surface area contributed by atoms with Gasteiger partial charge in [-0.1, -0.05) is 29.8 Å². The van der Waals surface area contributed by atoms with Crippen molar-refractivity contribution in [3.8, 4) is 0 Å². The van der Waals surface area contributed by atoms with E-state index in [2.05, 4.69) is 15.4 Å². The van der Waals surface area contributed by atoms with Gasteiger partial charge in [-0.2, -0.15) is 10.1 Å². The van der Waals surface area contributed by atoms with Crippen molar-refractivity contribution in [2.45, 2.75) is 19.9 Å². The molecule has 2 heterocycles. The molecule has 1 aliphatic heterocycles. The molecule has 0 bridgehead atoms. The van der Waals surface area contributed by atoms with Crippen LogP contribution in [0.3, 0.4) is 0 Å². The number of nitrogens with zero attached hydrogens (tertiary/aromatic N) is 4. The first-order valence-corrected chi connectivity index (χ1v) is 10.6. The average Bonchev–Trinajstić information content (AvgIpc) is 3.25. The summed E-state index contributed by atoms with van der Waals surface area (Å²) >= 11 is 6.00. The Labute approximate surface area is 194 Å². The molecule has 2 aromatic carbocycles. The first-order valence-electron chi connectivity index (χ1n) is 10.2. The van der Waals surface area contributed by atoms with Crippen LogP contribution in [0, 0.1) is 5.82 Å². The van der Waals surface area contributed by atoms with Gasteiger partial charge in [0.25, 0.3) is 0 Å². The largest absolute Gasteiger partial charge is 0.463 e. The van der Waals surface area contributed by atoms with E-state index in [9.17, 15) is 14.0 Å². The summed E-state index contributed by atoms with van der Waals surface area (Å²) in [5.41, 5.74) is 1.96. The van der Waals surface area contributed by atoms with Gasteiger partial charge >= 0.3 is 5.97 Å². The molecule has 1 aromatic heterocycles. The fourth-order valence-electron chi connectivity index (χ4n) is 3.76. The number of hydrogen-bond donors (Lipinski definition) is 1. The van der Waals surface area contributed by atoms with E-state index in [1.54, 1.807) is 55.1 Å². The number of esters is 1. The van der Waals surface area contributed by atoms with Gasteiger partial charge < -0.3 is 15.0 Å². The van der Waals surface area contributed by atoms with E-state index in [1.165, 1.54) is 23.1 Å². The summed E-state index contributed by atoms with van der Waals surface area (Å²) in [6.45, 7) is 3.47. The number of ether oxygens (including phenoxy) is 1. The minimum atomic E-state index is -0.686. The van der Waals surface area contributed by atoms with E-state index < -0.39 is 17.8 Å². The number of carbonyl (C=O) groups excluding carboxylic acids is 2. The van der Waals surface area contributed by atoms with E-state index in [0.29, 0.717) is 27.9 Å². The fraction of sp³-hybridized carbons (Fsp3) is 0.217. The van der Waals surface area contributed by atoms with E-state index in [-0.39, 0.29) is 24.6 Å². The number of carbonyl (C=O) groups is 2. The average molecular weight is 470 g/mol. The van der Waals surface area contributed by atoms with Crippen molar-refractivity contribution in [3.05, 3.63) is 82.5 Å². The van der Waals surface area contributed by atoms with Crippen molar-refractivity contribution in [2.75, 3.05) is 23.4 Å². The maximum Gasteiger partial charge on any atom is 0.338 e. The van der Waals surface area contributed by atoms with E-state index in [4.69, 9.17) is 16.3 Å². The Kier molecular flexibility index (Phi) is 6.41. The predicted octanol–water partition coefficient (Wildman–Crippen LogP) is 3.96. The highest BCUT2D eigenvalue weighted by atomic mass is 35.5. The smallest absolute Gasteiger partial charge is 0.338 e. The van der Waals surface area contributed by atoms with Crippen LogP contribution in [0.15, 0.2) is 66.1 Å². The molecule has 170 valence electrons. The molecule has 8 nitrogen and oxygen atoms in total. The van der Waals surface area contributed by atoms with Gasteiger partial charge in [0.1, 0.15) is 24.7 Å². The van der Waals surface area contributed by atoms with Crippen molar-refractivity contribution in [2.24, 2.45) is 0 Å². The van der Waals surface area contributed by atoms with Crippen LogP contribution in [0.25, 0.3) is 0 Å². The molecule has 1 amide bonds. The van der Waals surface area contributed by atoms with E-state index in [1.807, 2.05) is 0 Å². The number of benzene rings is 2. The monoisotopic (exact) mass is 469 g/mol. The number of allylic oxidation sites excluding steroid dienone is 1. The Bertz CT molecular complexity index is 1220. The minimum Gasteiger partial charge on any atom is -0.463 e. The highest BCUT2D eigenvalue weighted by molar-refractivity contribution is 6.30. The molecule has 0 unspecified atom stereocenters.